The molecule has 0 aromatic carbocycles. The molecule has 14 heavy (non-hydrogen) atoms. The molecule has 0 bridgehead atoms. The van der Waals surface area contributed by atoms with Crippen LogP contribution in [0, 0.1) is 12.8 Å². The summed E-state index contributed by atoms with van der Waals surface area (Å²) in [5.74, 6) is 0.806. The van der Waals surface area contributed by atoms with Gasteiger partial charge < -0.3 is 4.90 Å². The van der Waals surface area contributed by atoms with Crippen LogP contribution in [0.1, 0.15) is 23.2 Å². The average Bonchev–Trinajstić information content (AvgIpc) is 2.73. The average molecular weight is 208 g/mol. The molecule has 1 aromatic heterocycles. The maximum absolute atomic E-state index is 4.26. The Morgan fingerprint density at radius 2 is 2.50 bits per heavy atom. The molecule has 2 heterocycles. The Labute approximate surface area is 89.3 Å². The van der Waals surface area contributed by atoms with E-state index in [2.05, 4.69) is 23.4 Å². The molecule has 1 aliphatic heterocycles. The summed E-state index contributed by atoms with van der Waals surface area (Å²) in [6, 6.07) is 0. The van der Waals surface area contributed by atoms with Crippen molar-refractivity contribution in [3.05, 3.63) is 22.7 Å². The van der Waals surface area contributed by atoms with E-state index in [0.717, 1.165) is 29.7 Å². The third-order valence-electron chi connectivity index (χ3n) is 2.71. The van der Waals surface area contributed by atoms with Crippen molar-refractivity contribution in [2.75, 3.05) is 13.1 Å². The summed E-state index contributed by atoms with van der Waals surface area (Å²) in [6.07, 6.45) is 3.22. The first-order valence-corrected chi connectivity index (χ1v) is 5.85. The minimum Gasteiger partial charge on any atom is -0.371 e. The predicted molar refractivity (Wildman–Crippen MR) is 61.2 cm³/mol. The van der Waals surface area contributed by atoms with Crippen LogP contribution >= 0.6 is 11.3 Å². The van der Waals surface area contributed by atoms with E-state index in [0.29, 0.717) is 0 Å². The lowest BCUT2D eigenvalue weighted by molar-refractivity contribution is 0.473. The topological polar surface area (TPSA) is 16.1 Å². The van der Waals surface area contributed by atoms with Crippen molar-refractivity contribution < 1.29 is 0 Å². The van der Waals surface area contributed by atoms with Gasteiger partial charge in [0.15, 0.2) is 0 Å². The second-order valence-corrected chi connectivity index (χ2v) is 5.26. The molecule has 1 fully saturated rings. The Bertz CT molecular complexity index is 343. The molecule has 0 aliphatic carbocycles. The molecule has 0 amide bonds. The second-order valence-electron chi connectivity index (χ2n) is 4.03. The van der Waals surface area contributed by atoms with Gasteiger partial charge in [-0.3, -0.25) is 0 Å². The number of rotatable bonds is 2. The fraction of sp³-hybridized carbons (Fsp3) is 0.545. The number of likely N-dealkylation sites (tertiary alicyclic amines) is 1. The van der Waals surface area contributed by atoms with Crippen LogP contribution in [0.4, 0.5) is 0 Å². The number of aryl methyl sites for hydroxylation is 1. The van der Waals surface area contributed by atoms with Gasteiger partial charge in [0, 0.05) is 25.0 Å². The van der Waals surface area contributed by atoms with Crippen LogP contribution in [0.2, 0.25) is 0 Å². The molecule has 76 valence electrons. The number of nitrogens with zero attached hydrogens (tertiary/aromatic N) is 2. The van der Waals surface area contributed by atoms with Crippen LogP contribution in [0.25, 0.3) is 5.70 Å². The van der Waals surface area contributed by atoms with Crippen LogP contribution in [0.15, 0.2) is 12.8 Å². The summed E-state index contributed by atoms with van der Waals surface area (Å²) in [4.78, 5) is 7.85. The molecule has 0 radical (unpaired) electrons. The molecule has 1 aliphatic rings. The normalized spacial score (nSPS) is 21.6. The molecule has 0 saturated carbocycles. The highest BCUT2D eigenvalue weighted by atomic mass is 32.1. The molecule has 3 heteroatoms. The van der Waals surface area contributed by atoms with Crippen molar-refractivity contribution in [3.8, 4) is 0 Å². The summed E-state index contributed by atoms with van der Waals surface area (Å²) in [7, 11) is 0. The molecule has 0 N–H and O–H groups in total. The summed E-state index contributed by atoms with van der Waals surface area (Å²) in [5.41, 5.74) is 1.15. The first-order chi connectivity index (χ1) is 6.66. The first-order valence-electron chi connectivity index (χ1n) is 5.03. The molecule has 0 spiro atoms. The van der Waals surface area contributed by atoms with Crippen molar-refractivity contribution in [1.82, 2.24) is 9.88 Å². The number of thiazole rings is 1. The fourth-order valence-corrected chi connectivity index (χ4v) is 2.61. The Hall–Kier alpha value is -0.830. The zero-order valence-electron chi connectivity index (χ0n) is 8.79. The lowest BCUT2D eigenvalue weighted by Gasteiger charge is -2.19. The zero-order valence-corrected chi connectivity index (χ0v) is 9.60. The van der Waals surface area contributed by atoms with Gasteiger partial charge in [-0.25, -0.2) is 4.98 Å². The molecular weight excluding hydrogens is 192 g/mol. The monoisotopic (exact) mass is 208 g/mol. The quantitative estimate of drug-likeness (QED) is 0.743. The third-order valence-corrected chi connectivity index (χ3v) is 3.67. The number of aromatic nitrogens is 1. The van der Waals surface area contributed by atoms with Crippen molar-refractivity contribution in [1.29, 1.82) is 0 Å². The standard InChI is InChI=1S/C11H16N2S/c1-8-4-5-13(7-8)9(2)11-6-12-10(3)14-11/h6,8H,2,4-5,7H2,1,3H3. The van der Waals surface area contributed by atoms with Crippen molar-refractivity contribution in [2.24, 2.45) is 5.92 Å². The molecular formula is C11H16N2S. The highest BCUT2D eigenvalue weighted by molar-refractivity contribution is 7.12. The van der Waals surface area contributed by atoms with Crippen LogP contribution in [-0.2, 0) is 0 Å². The number of hydrogen-bond acceptors (Lipinski definition) is 3. The van der Waals surface area contributed by atoms with Crippen LogP contribution in [0.3, 0.4) is 0 Å². The van der Waals surface area contributed by atoms with Gasteiger partial charge in [-0.1, -0.05) is 13.5 Å². The molecule has 1 unspecified atom stereocenters. The van der Waals surface area contributed by atoms with Crippen molar-refractivity contribution >= 4 is 17.0 Å². The Morgan fingerprint density at radius 1 is 1.71 bits per heavy atom. The van der Waals surface area contributed by atoms with E-state index in [-0.39, 0.29) is 0 Å². The van der Waals surface area contributed by atoms with Gasteiger partial charge in [0.2, 0.25) is 0 Å². The molecule has 1 atom stereocenters. The fourth-order valence-electron chi connectivity index (χ4n) is 1.83. The minimum absolute atomic E-state index is 0.806. The van der Waals surface area contributed by atoms with Gasteiger partial charge in [0.1, 0.15) is 0 Å². The largest absolute Gasteiger partial charge is 0.371 e. The summed E-state index contributed by atoms with van der Waals surface area (Å²) >= 11 is 1.73. The lowest BCUT2D eigenvalue weighted by atomic mass is 10.2. The highest BCUT2D eigenvalue weighted by Gasteiger charge is 2.21. The van der Waals surface area contributed by atoms with Crippen molar-refractivity contribution in [3.63, 3.8) is 0 Å². The summed E-state index contributed by atoms with van der Waals surface area (Å²) in [6.45, 7) is 10.8. The van der Waals surface area contributed by atoms with E-state index in [1.807, 2.05) is 13.1 Å². The number of hydrogen-bond donors (Lipinski definition) is 0. The van der Waals surface area contributed by atoms with E-state index >= 15 is 0 Å². The van der Waals surface area contributed by atoms with Gasteiger partial charge in [-0.2, -0.15) is 0 Å². The van der Waals surface area contributed by atoms with Crippen LogP contribution in [-0.4, -0.2) is 23.0 Å². The SMILES string of the molecule is C=C(c1cnc(C)s1)N1CCC(C)C1. The second kappa shape index (κ2) is 3.73. The van der Waals surface area contributed by atoms with Gasteiger partial charge >= 0.3 is 0 Å². The molecule has 2 nitrogen and oxygen atoms in total. The molecule has 1 saturated heterocycles. The van der Waals surface area contributed by atoms with Crippen LogP contribution in [0.5, 0.6) is 0 Å². The van der Waals surface area contributed by atoms with Crippen LogP contribution < -0.4 is 0 Å². The maximum Gasteiger partial charge on any atom is 0.0901 e. The summed E-state index contributed by atoms with van der Waals surface area (Å²) < 4.78 is 0. The Balaban J connectivity index is 2.09. The van der Waals surface area contributed by atoms with Gasteiger partial charge in [-0.05, 0) is 19.3 Å². The Morgan fingerprint density at radius 3 is 3.00 bits per heavy atom. The van der Waals surface area contributed by atoms with Gasteiger partial charge in [0.05, 0.1) is 9.88 Å². The molecule has 2 rings (SSSR count). The van der Waals surface area contributed by atoms with Gasteiger partial charge in [0.25, 0.3) is 0 Å². The maximum atomic E-state index is 4.26. The third kappa shape index (κ3) is 1.82. The first kappa shape index (κ1) is 9.71. The van der Waals surface area contributed by atoms with E-state index in [1.165, 1.54) is 11.3 Å². The summed E-state index contributed by atoms with van der Waals surface area (Å²) in [5, 5.41) is 1.12. The zero-order chi connectivity index (χ0) is 10.1. The van der Waals surface area contributed by atoms with E-state index < -0.39 is 0 Å². The van der Waals surface area contributed by atoms with E-state index in [1.54, 1.807) is 11.3 Å². The van der Waals surface area contributed by atoms with Crippen molar-refractivity contribution in [2.45, 2.75) is 20.3 Å². The predicted octanol–water partition coefficient (Wildman–Crippen LogP) is 2.76. The Kier molecular flexibility index (Phi) is 2.59. The van der Waals surface area contributed by atoms with Gasteiger partial charge in [-0.15, -0.1) is 11.3 Å². The lowest BCUT2D eigenvalue weighted by Crippen LogP contribution is -2.17. The van der Waals surface area contributed by atoms with E-state index in [4.69, 9.17) is 0 Å². The highest BCUT2D eigenvalue weighted by Crippen LogP contribution is 2.28. The smallest absolute Gasteiger partial charge is 0.0901 e. The minimum atomic E-state index is 0.806. The van der Waals surface area contributed by atoms with E-state index in [9.17, 15) is 0 Å². The molecule has 1 aromatic rings.